The number of thioether (sulfide) groups is 1. The van der Waals surface area contributed by atoms with Gasteiger partial charge in [0.1, 0.15) is 0 Å². The Morgan fingerprint density at radius 2 is 2.03 bits per heavy atom. The van der Waals surface area contributed by atoms with E-state index in [0.717, 1.165) is 65.3 Å². The van der Waals surface area contributed by atoms with Crippen molar-refractivity contribution in [3.05, 3.63) is 51.1 Å². The molecule has 4 rings (SSSR count). The number of rotatable bonds is 8. The van der Waals surface area contributed by atoms with Crippen LogP contribution in [0.1, 0.15) is 53.9 Å². The molecular formula is C26H35N5O3S. The Kier molecular flexibility index (Phi) is 7.86. The van der Waals surface area contributed by atoms with Gasteiger partial charge >= 0.3 is 0 Å². The summed E-state index contributed by atoms with van der Waals surface area (Å²) in [5.74, 6) is -0.179. The van der Waals surface area contributed by atoms with Gasteiger partial charge in [-0.25, -0.2) is 0 Å². The van der Waals surface area contributed by atoms with E-state index in [1.54, 1.807) is 0 Å². The van der Waals surface area contributed by atoms with Crippen molar-refractivity contribution in [2.24, 2.45) is 7.05 Å². The van der Waals surface area contributed by atoms with E-state index in [1.165, 1.54) is 11.8 Å². The lowest BCUT2D eigenvalue weighted by atomic mass is 9.95. The van der Waals surface area contributed by atoms with Gasteiger partial charge in [0, 0.05) is 66.5 Å². The first-order valence-corrected chi connectivity index (χ1v) is 13.5. The van der Waals surface area contributed by atoms with E-state index in [1.807, 2.05) is 43.2 Å². The van der Waals surface area contributed by atoms with Gasteiger partial charge in [-0.05, 0) is 57.1 Å². The molecule has 1 saturated heterocycles. The van der Waals surface area contributed by atoms with E-state index in [-0.39, 0.29) is 18.0 Å². The third-order valence-corrected chi connectivity index (χ3v) is 7.67. The highest BCUT2D eigenvalue weighted by Gasteiger charge is 2.28. The van der Waals surface area contributed by atoms with Crippen LogP contribution in [0.5, 0.6) is 0 Å². The number of nitrogens with one attached hydrogen (secondary N) is 2. The molecule has 8 nitrogen and oxygen atoms in total. The van der Waals surface area contributed by atoms with Crippen molar-refractivity contribution in [2.45, 2.75) is 57.5 Å². The van der Waals surface area contributed by atoms with Crippen LogP contribution in [0.15, 0.2) is 28.0 Å². The Morgan fingerprint density at radius 1 is 1.29 bits per heavy atom. The summed E-state index contributed by atoms with van der Waals surface area (Å²) in [6.07, 6.45) is 6.48. The molecule has 35 heavy (non-hydrogen) atoms. The Balaban J connectivity index is 1.76. The minimum absolute atomic E-state index is 0.162. The van der Waals surface area contributed by atoms with Crippen LogP contribution in [0.4, 0.5) is 5.69 Å². The number of anilines is 1. The molecule has 1 aromatic carbocycles. The maximum Gasteiger partial charge on any atom is 0.254 e. The summed E-state index contributed by atoms with van der Waals surface area (Å²) in [6, 6.07) is 4.24. The molecule has 0 atom stereocenters. The summed E-state index contributed by atoms with van der Waals surface area (Å²) in [6.45, 7) is 8.62. The Bertz CT molecular complexity index is 1280. The maximum atomic E-state index is 13.6. The molecule has 188 valence electrons. The number of fused-ring (bicyclic) bond motifs is 1. The number of aryl methyl sites for hydroxylation is 2. The van der Waals surface area contributed by atoms with Crippen molar-refractivity contribution in [2.75, 3.05) is 30.9 Å². The molecule has 0 aliphatic carbocycles. The number of pyridine rings is 1. The predicted octanol–water partition coefficient (Wildman–Crippen LogP) is 3.79. The SMILES string of the molecule is CCc1c(C(=O)NCc2c(SC)cc(C)[nH]c2=O)cc2c(cnn2C)c1N(CC)C1CCOCC1. The van der Waals surface area contributed by atoms with Crippen LogP contribution in [-0.4, -0.2) is 52.7 Å². The lowest BCUT2D eigenvalue weighted by molar-refractivity contribution is 0.0846. The van der Waals surface area contributed by atoms with Crippen molar-refractivity contribution in [1.29, 1.82) is 0 Å². The van der Waals surface area contributed by atoms with Crippen molar-refractivity contribution in [3.63, 3.8) is 0 Å². The molecule has 0 unspecified atom stereocenters. The molecule has 0 saturated carbocycles. The first-order chi connectivity index (χ1) is 16.9. The monoisotopic (exact) mass is 497 g/mol. The fourth-order valence-electron chi connectivity index (χ4n) is 5.10. The minimum atomic E-state index is -0.179. The standard InChI is InChI=1S/C26H35N5O3S/c1-6-18-19(25(32)27-14-21-23(35-5)12-16(3)29-26(21)33)13-22-20(15-28-30(22)4)24(18)31(7-2)17-8-10-34-11-9-17/h12-13,15,17H,6-11,14H2,1-5H3,(H,27,32)(H,29,33). The molecule has 1 aliphatic heterocycles. The average molecular weight is 498 g/mol. The molecule has 3 aromatic rings. The van der Waals surface area contributed by atoms with Crippen LogP contribution in [0.25, 0.3) is 10.9 Å². The van der Waals surface area contributed by atoms with Crippen LogP contribution < -0.4 is 15.8 Å². The molecule has 0 spiro atoms. The predicted molar refractivity (Wildman–Crippen MR) is 142 cm³/mol. The number of amides is 1. The number of carbonyl (C=O) groups excluding carboxylic acids is 1. The number of nitrogens with zero attached hydrogens (tertiary/aromatic N) is 3. The van der Waals surface area contributed by atoms with E-state index in [0.29, 0.717) is 23.6 Å². The summed E-state index contributed by atoms with van der Waals surface area (Å²) in [5, 5.41) is 8.60. The third-order valence-electron chi connectivity index (χ3n) is 6.86. The van der Waals surface area contributed by atoms with Crippen molar-refractivity contribution in [3.8, 4) is 0 Å². The second-order valence-electron chi connectivity index (χ2n) is 8.95. The van der Waals surface area contributed by atoms with Gasteiger partial charge in [-0.15, -0.1) is 11.8 Å². The smallest absolute Gasteiger partial charge is 0.254 e. The Labute approximate surface area is 210 Å². The quantitative estimate of drug-likeness (QED) is 0.460. The highest BCUT2D eigenvalue weighted by atomic mass is 32.2. The number of ether oxygens (including phenoxy) is 1. The van der Waals surface area contributed by atoms with Crippen molar-refractivity contribution < 1.29 is 9.53 Å². The average Bonchev–Trinajstić information content (AvgIpc) is 3.23. The third kappa shape index (κ3) is 4.97. The first-order valence-electron chi connectivity index (χ1n) is 12.3. The summed E-state index contributed by atoms with van der Waals surface area (Å²) in [7, 11) is 1.90. The van der Waals surface area contributed by atoms with Crippen molar-refractivity contribution >= 4 is 34.3 Å². The molecule has 0 radical (unpaired) electrons. The number of benzene rings is 1. The van der Waals surface area contributed by atoms with E-state index >= 15 is 0 Å². The van der Waals surface area contributed by atoms with Crippen LogP contribution in [0.2, 0.25) is 0 Å². The van der Waals surface area contributed by atoms with Gasteiger partial charge in [0.05, 0.1) is 17.4 Å². The molecule has 3 heterocycles. The molecule has 1 amide bonds. The van der Waals surface area contributed by atoms with Gasteiger partial charge in [0.25, 0.3) is 11.5 Å². The zero-order chi connectivity index (χ0) is 25.1. The van der Waals surface area contributed by atoms with Gasteiger partial charge in [-0.2, -0.15) is 5.10 Å². The van der Waals surface area contributed by atoms with Crippen LogP contribution >= 0.6 is 11.8 Å². The minimum Gasteiger partial charge on any atom is -0.381 e. The molecule has 1 fully saturated rings. The van der Waals surface area contributed by atoms with Gasteiger partial charge < -0.3 is 19.9 Å². The Hall–Kier alpha value is -2.78. The highest BCUT2D eigenvalue weighted by Crippen LogP contribution is 2.36. The van der Waals surface area contributed by atoms with Gasteiger partial charge in [-0.3, -0.25) is 14.3 Å². The summed E-state index contributed by atoms with van der Waals surface area (Å²) < 4.78 is 7.44. The lowest BCUT2D eigenvalue weighted by Crippen LogP contribution is -2.40. The van der Waals surface area contributed by atoms with E-state index in [9.17, 15) is 9.59 Å². The molecule has 1 aliphatic rings. The number of aromatic nitrogens is 3. The molecular weight excluding hydrogens is 462 g/mol. The van der Waals surface area contributed by atoms with E-state index in [2.05, 4.69) is 34.1 Å². The van der Waals surface area contributed by atoms with Gasteiger partial charge in [0.15, 0.2) is 0 Å². The second-order valence-corrected chi connectivity index (χ2v) is 9.79. The number of hydrogen-bond donors (Lipinski definition) is 2. The molecule has 2 N–H and O–H groups in total. The maximum absolute atomic E-state index is 13.6. The molecule has 2 aromatic heterocycles. The molecule has 0 bridgehead atoms. The van der Waals surface area contributed by atoms with Crippen LogP contribution in [0.3, 0.4) is 0 Å². The fourth-order valence-corrected chi connectivity index (χ4v) is 5.80. The summed E-state index contributed by atoms with van der Waals surface area (Å²) >= 11 is 1.51. The van der Waals surface area contributed by atoms with Crippen LogP contribution in [-0.2, 0) is 24.8 Å². The number of carbonyl (C=O) groups is 1. The normalized spacial score (nSPS) is 14.4. The largest absolute Gasteiger partial charge is 0.381 e. The zero-order valence-corrected chi connectivity index (χ0v) is 22.1. The first kappa shape index (κ1) is 25.3. The fraction of sp³-hybridized carbons (Fsp3) is 0.500. The topological polar surface area (TPSA) is 92.2 Å². The number of hydrogen-bond acceptors (Lipinski definition) is 6. The summed E-state index contributed by atoms with van der Waals surface area (Å²) in [4.78, 5) is 32.3. The lowest BCUT2D eigenvalue weighted by Gasteiger charge is -2.37. The van der Waals surface area contributed by atoms with E-state index in [4.69, 9.17) is 4.74 Å². The molecule has 9 heteroatoms. The zero-order valence-electron chi connectivity index (χ0n) is 21.2. The second kappa shape index (κ2) is 10.9. The van der Waals surface area contributed by atoms with E-state index < -0.39 is 0 Å². The highest BCUT2D eigenvalue weighted by molar-refractivity contribution is 7.98. The van der Waals surface area contributed by atoms with Crippen molar-refractivity contribution in [1.82, 2.24) is 20.1 Å². The van der Waals surface area contributed by atoms with Crippen LogP contribution in [0, 0.1) is 6.92 Å². The Morgan fingerprint density at radius 3 is 2.69 bits per heavy atom. The van der Waals surface area contributed by atoms with Gasteiger partial charge in [-0.1, -0.05) is 6.92 Å². The van der Waals surface area contributed by atoms with Gasteiger partial charge in [0.2, 0.25) is 0 Å². The number of aromatic amines is 1. The summed E-state index contributed by atoms with van der Waals surface area (Å²) in [5.41, 5.74) is 4.89. The number of H-pyrrole nitrogens is 1.